The van der Waals surface area contributed by atoms with Gasteiger partial charge in [-0.15, -0.1) is 10.2 Å². The molecule has 0 saturated carbocycles. The molecule has 27 heavy (non-hydrogen) atoms. The predicted molar refractivity (Wildman–Crippen MR) is 99.6 cm³/mol. The molecule has 3 rings (SSSR count). The summed E-state index contributed by atoms with van der Waals surface area (Å²) in [5.74, 6) is 0.347. The number of sulfonamides is 1. The topological polar surface area (TPSA) is 109 Å². The molecule has 0 spiro atoms. The lowest BCUT2D eigenvalue weighted by molar-refractivity contribution is 0.0766. The van der Waals surface area contributed by atoms with Crippen LogP contribution in [0.15, 0.2) is 35.5 Å². The number of benzene rings is 1. The summed E-state index contributed by atoms with van der Waals surface area (Å²) in [6.07, 6.45) is 2.38. The lowest BCUT2D eigenvalue weighted by atomic mass is 10.2. The summed E-state index contributed by atoms with van der Waals surface area (Å²) in [5.41, 5.74) is 0.367. The molecule has 0 bridgehead atoms. The van der Waals surface area contributed by atoms with Gasteiger partial charge in [0.1, 0.15) is 12.2 Å². The van der Waals surface area contributed by atoms with Crippen LogP contribution < -0.4 is 10.0 Å². The highest BCUT2D eigenvalue weighted by Gasteiger charge is 2.23. The van der Waals surface area contributed by atoms with Gasteiger partial charge in [0, 0.05) is 32.2 Å². The summed E-state index contributed by atoms with van der Waals surface area (Å²) in [5, 5.41) is 10.9. The highest BCUT2D eigenvalue weighted by molar-refractivity contribution is 7.89. The van der Waals surface area contributed by atoms with Gasteiger partial charge in [-0.3, -0.25) is 4.79 Å². The largest absolute Gasteiger partial charge is 0.337 e. The van der Waals surface area contributed by atoms with E-state index in [1.807, 2.05) is 0 Å². The molecule has 0 radical (unpaired) electrons. The van der Waals surface area contributed by atoms with Gasteiger partial charge < -0.3 is 14.8 Å². The van der Waals surface area contributed by atoms with Crippen molar-refractivity contribution in [3.63, 3.8) is 0 Å². The van der Waals surface area contributed by atoms with Crippen LogP contribution in [0.2, 0.25) is 0 Å². The summed E-state index contributed by atoms with van der Waals surface area (Å²) in [6.45, 7) is 4.57. The van der Waals surface area contributed by atoms with Crippen molar-refractivity contribution in [1.82, 2.24) is 29.7 Å². The Morgan fingerprint density at radius 3 is 2.85 bits per heavy atom. The van der Waals surface area contributed by atoms with Gasteiger partial charge in [0.2, 0.25) is 10.0 Å². The van der Waals surface area contributed by atoms with Gasteiger partial charge in [-0.2, -0.15) is 0 Å². The lowest BCUT2D eigenvalue weighted by Gasteiger charge is -2.20. The number of amides is 1. The molecule has 1 unspecified atom stereocenters. The zero-order valence-corrected chi connectivity index (χ0v) is 16.2. The third-order valence-electron chi connectivity index (χ3n) is 4.48. The molecule has 0 aliphatic carbocycles. The van der Waals surface area contributed by atoms with Crippen molar-refractivity contribution in [2.75, 3.05) is 26.2 Å². The first-order valence-electron chi connectivity index (χ1n) is 8.85. The zero-order chi connectivity index (χ0) is 19.4. The molecule has 1 aliphatic heterocycles. The molecule has 2 aromatic rings. The van der Waals surface area contributed by atoms with E-state index in [0.717, 1.165) is 19.5 Å². The summed E-state index contributed by atoms with van der Waals surface area (Å²) in [6, 6.07) is 5.58. The van der Waals surface area contributed by atoms with Gasteiger partial charge in [-0.25, -0.2) is 13.1 Å². The molecule has 9 nitrogen and oxygen atoms in total. The maximum atomic E-state index is 12.8. The summed E-state index contributed by atoms with van der Waals surface area (Å²) < 4.78 is 29.7. The normalized spacial score (nSPS) is 16.7. The van der Waals surface area contributed by atoms with E-state index in [2.05, 4.69) is 20.2 Å². The Morgan fingerprint density at radius 2 is 2.11 bits per heavy atom. The molecule has 1 aromatic heterocycles. The minimum atomic E-state index is -3.81. The van der Waals surface area contributed by atoms with E-state index in [1.165, 1.54) is 18.5 Å². The van der Waals surface area contributed by atoms with Gasteiger partial charge >= 0.3 is 0 Å². The second-order valence-corrected chi connectivity index (χ2v) is 8.28. The molecule has 1 aliphatic rings. The third kappa shape index (κ3) is 4.52. The van der Waals surface area contributed by atoms with Crippen molar-refractivity contribution in [2.24, 2.45) is 7.05 Å². The second kappa shape index (κ2) is 8.15. The maximum Gasteiger partial charge on any atom is 0.253 e. The van der Waals surface area contributed by atoms with E-state index >= 15 is 0 Å². The van der Waals surface area contributed by atoms with Crippen molar-refractivity contribution in [3.05, 3.63) is 42.0 Å². The highest BCUT2D eigenvalue weighted by atomic mass is 32.2. The lowest BCUT2D eigenvalue weighted by Crippen LogP contribution is -2.34. The average Bonchev–Trinajstić information content (AvgIpc) is 2.91. The average molecular weight is 392 g/mol. The van der Waals surface area contributed by atoms with Gasteiger partial charge in [0.15, 0.2) is 0 Å². The molecule has 1 amide bonds. The van der Waals surface area contributed by atoms with Crippen LogP contribution in [-0.2, 0) is 17.1 Å². The Morgan fingerprint density at radius 1 is 1.30 bits per heavy atom. The maximum absolute atomic E-state index is 12.8. The van der Waals surface area contributed by atoms with Crippen LogP contribution >= 0.6 is 0 Å². The van der Waals surface area contributed by atoms with Crippen LogP contribution in [0.3, 0.4) is 0 Å². The Balaban J connectivity index is 1.79. The van der Waals surface area contributed by atoms with E-state index in [4.69, 9.17) is 0 Å². The fourth-order valence-corrected chi connectivity index (χ4v) is 4.31. The number of nitrogens with zero attached hydrogens (tertiary/aromatic N) is 4. The van der Waals surface area contributed by atoms with Crippen LogP contribution in [0, 0.1) is 0 Å². The third-order valence-corrected chi connectivity index (χ3v) is 6.02. The molecule has 2 N–H and O–H groups in total. The Bertz CT molecular complexity index is 903. The van der Waals surface area contributed by atoms with Gasteiger partial charge in [0.25, 0.3) is 5.91 Å². The fraction of sp³-hybridized carbons (Fsp3) is 0.471. The number of hydrogen-bond donors (Lipinski definition) is 2. The van der Waals surface area contributed by atoms with Crippen LogP contribution in [0.1, 0.15) is 35.6 Å². The van der Waals surface area contributed by atoms with Crippen molar-refractivity contribution >= 4 is 15.9 Å². The molecule has 2 heterocycles. The fourth-order valence-electron chi connectivity index (χ4n) is 3.07. The summed E-state index contributed by atoms with van der Waals surface area (Å²) >= 11 is 0. The van der Waals surface area contributed by atoms with E-state index in [0.29, 0.717) is 24.5 Å². The quantitative estimate of drug-likeness (QED) is 0.757. The van der Waals surface area contributed by atoms with Crippen LogP contribution in [0.5, 0.6) is 0 Å². The molecule has 1 saturated heterocycles. The molecular formula is C17H24N6O3S. The minimum Gasteiger partial charge on any atom is -0.337 e. The first kappa shape index (κ1) is 19.5. The number of aryl methyl sites for hydroxylation is 1. The number of carbonyl (C=O) groups excluding carboxylic acids is 1. The van der Waals surface area contributed by atoms with Gasteiger partial charge in [0.05, 0.1) is 10.9 Å². The monoisotopic (exact) mass is 392 g/mol. The van der Waals surface area contributed by atoms with Gasteiger partial charge in [-0.1, -0.05) is 6.07 Å². The van der Waals surface area contributed by atoms with Crippen molar-refractivity contribution in [1.29, 1.82) is 0 Å². The molecule has 10 heteroatoms. The molecule has 146 valence electrons. The Labute approximate surface area is 158 Å². The van der Waals surface area contributed by atoms with E-state index in [-0.39, 0.29) is 10.8 Å². The minimum absolute atomic E-state index is 0.0512. The number of nitrogens with one attached hydrogen (secondary N) is 2. The molecule has 1 atom stereocenters. The highest BCUT2D eigenvalue weighted by Crippen LogP contribution is 2.17. The van der Waals surface area contributed by atoms with Crippen molar-refractivity contribution in [2.45, 2.75) is 24.3 Å². The predicted octanol–water partition coefficient (Wildman–Crippen LogP) is 0.290. The SMILES string of the molecule is CC(NS(=O)(=O)c1cccc(C(=O)N2CCCNCC2)c1)c1nncn1C. The van der Waals surface area contributed by atoms with Crippen LogP contribution in [0.25, 0.3) is 0 Å². The van der Waals surface area contributed by atoms with E-state index < -0.39 is 16.1 Å². The zero-order valence-electron chi connectivity index (χ0n) is 15.4. The number of carbonyl (C=O) groups is 1. The number of hydrogen-bond acceptors (Lipinski definition) is 6. The Kier molecular flexibility index (Phi) is 5.88. The summed E-state index contributed by atoms with van der Waals surface area (Å²) in [4.78, 5) is 14.5. The number of aromatic nitrogens is 3. The smallest absolute Gasteiger partial charge is 0.253 e. The molecule has 1 fully saturated rings. The van der Waals surface area contributed by atoms with Crippen molar-refractivity contribution in [3.8, 4) is 0 Å². The van der Waals surface area contributed by atoms with Gasteiger partial charge in [-0.05, 0) is 38.1 Å². The summed E-state index contributed by atoms with van der Waals surface area (Å²) in [7, 11) is -2.06. The van der Waals surface area contributed by atoms with E-state index in [9.17, 15) is 13.2 Å². The first-order valence-corrected chi connectivity index (χ1v) is 10.3. The Hall–Kier alpha value is -2.30. The van der Waals surface area contributed by atoms with Crippen LogP contribution in [-0.4, -0.2) is 60.2 Å². The van der Waals surface area contributed by atoms with Crippen LogP contribution in [0.4, 0.5) is 0 Å². The number of rotatable bonds is 5. The molecule has 1 aromatic carbocycles. The second-order valence-electron chi connectivity index (χ2n) is 6.57. The first-order chi connectivity index (χ1) is 12.9. The van der Waals surface area contributed by atoms with E-state index in [1.54, 1.807) is 35.6 Å². The standard InChI is InChI=1S/C17H24N6O3S/c1-13(16-20-19-12-22(16)2)21-27(25,26)15-6-3-5-14(11-15)17(24)23-9-4-7-18-8-10-23/h3,5-6,11-13,18,21H,4,7-10H2,1-2H3. The van der Waals surface area contributed by atoms with Crippen molar-refractivity contribution < 1.29 is 13.2 Å². The molecular weight excluding hydrogens is 368 g/mol.